The summed E-state index contributed by atoms with van der Waals surface area (Å²) < 4.78 is 0. The summed E-state index contributed by atoms with van der Waals surface area (Å²) >= 11 is 0. The first-order chi connectivity index (χ1) is 9.75. The highest BCUT2D eigenvalue weighted by molar-refractivity contribution is 5.85. The minimum atomic E-state index is -0.543. The standard InChI is InChI=1S/C17H22N2O.2ClH/c18-16(11-14-7-3-1-4-8-14)17(20)13-19-12-15-9-5-2-6-10-15;;/h1-10,16-17,19-20H,11-13,18H2;2*1H/t16-,17+;;/m0../s1. The first-order valence-corrected chi connectivity index (χ1v) is 6.98. The Bertz CT molecular complexity index is 497. The lowest BCUT2D eigenvalue weighted by atomic mass is 10.0. The predicted octanol–water partition coefficient (Wildman–Crippen LogP) is 2.55. The molecule has 2 aromatic carbocycles. The highest BCUT2D eigenvalue weighted by atomic mass is 35.5. The third-order valence-electron chi connectivity index (χ3n) is 3.33. The molecular weight excluding hydrogens is 319 g/mol. The molecule has 0 amide bonds. The molecule has 0 spiro atoms. The van der Waals surface area contributed by atoms with Crippen LogP contribution >= 0.6 is 24.8 Å². The van der Waals surface area contributed by atoms with Crippen molar-refractivity contribution in [2.24, 2.45) is 5.73 Å². The molecule has 0 bridgehead atoms. The summed E-state index contributed by atoms with van der Waals surface area (Å²) in [5.41, 5.74) is 8.40. The van der Waals surface area contributed by atoms with E-state index in [9.17, 15) is 5.11 Å². The Balaban J connectivity index is 0.00000220. The molecule has 0 unspecified atom stereocenters. The zero-order valence-corrected chi connectivity index (χ0v) is 14.0. The number of aliphatic hydroxyl groups is 1. The van der Waals surface area contributed by atoms with E-state index in [0.717, 1.165) is 12.1 Å². The van der Waals surface area contributed by atoms with Crippen LogP contribution in [0.2, 0.25) is 0 Å². The number of nitrogens with one attached hydrogen (secondary N) is 1. The van der Waals surface area contributed by atoms with Crippen LogP contribution < -0.4 is 11.1 Å². The van der Waals surface area contributed by atoms with Gasteiger partial charge in [0.2, 0.25) is 0 Å². The third kappa shape index (κ3) is 7.25. The molecule has 0 aromatic heterocycles. The quantitative estimate of drug-likeness (QED) is 0.724. The van der Waals surface area contributed by atoms with E-state index >= 15 is 0 Å². The fourth-order valence-corrected chi connectivity index (χ4v) is 2.13. The SMILES string of the molecule is Cl.Cl.N[C@@H](Cc1ccccc1)[C@H](O)CNCc1ccccc1. The van der Waals surface area contributed by atoms with Crippen LogP contribution in [0.25, 0.3) is 0 Å². The molecule has 2 rings (SSSR count). The molecule has 0 saturated heterocycles. The Hall–Kier alpha value is -1.10. The first kappa shape index (κ1) is 20.9. The molecule has 22 heavy (non-hydrogen) atoms. The van der Waals surface area contributed by atoms with Gasteiger partial charge in [0.25, 0.3) is 0 Å². The van der Waals surface area contributed by atoms with E-state index in [4.69, 9.17) is 5.73 Å². The second kappa shape index (κ2) is 11.5. The van der Waals surface area contributed by atoms with E-state index in [-0.39, 0.29) is 30.9 Å². The van der Waals surface area contributed by atoms with Crippen molar-refractivity contribution in [3.63, 3.8) is 0 Å². The Kier molecular flexibility index (Phi) is 10.9. The van der Waals surface area contributed by atoms with E-state index in [1.807, 2.05) is 48.5 Å². The van der Waals surface area contributed by atoms with Crippen LogP contribution in [0.15, 0.2) is 60.7 Å². The summed E-state index contributed by atoms with van der Waals surface area (Å²) in [6, 6.07) is 19.9. The molecule has 0 saturated carbocycles. The van der Waals surface area contributed by atoms with Gasteiger partial charge in [-0.2, -0.15) is 0 Å². The van der Waals surface area contributed by atoms with Gasteiger partial charge in [0.05, 0.1) is 6.10 Å². The Morgan fingerprint density at radius 2 is 1.36 bits per heavy atom. The lowest BCUT2D eigenvalue weighted by molar-refractivity contribution is 0.141. The van der Waals surface area contributed by atoms with Gasteiger partial charge in [-0.3, -0.25) is 0 Å². The van der Waals surface area contributed by atoms with Gasteiger partial charge in [0.1, 0.15) is 0 Å². The molecule has 122 valence electrons. The van der Waals surface area contributed by atoms with Crippen molar-refractivity contribution in [2.45, 2.75) is 25.1 Å². The molecule has 0 heterocycles. The average Bonchev–Trinajstić information content (AvgIpc) is 2.49. The fourth-order valence-electron chi connectivity index (χ4n) is 2.13. The van der Waals surface area contributed by atoms with Crippen LogP contribution in [0.1, 0.15) is 11.1 Å². The molecule has 0 aliphatic heterocycles. The lowest BCUT2D eigenvalue weighted by Gasteiger charge is -2.19. The molecule has 2 atom stereocenters. The molecule has 0 radical (unpaired) electrons. The number of nitrogens with two attached hydrogens (primary N) is 1. The maximum Gasteiger partial charge on any atom is 0.0818 e. The van der Waals surface area contributed by atoms with Crippen molar-refractivity contribution >= 4 is 24.8 Å². The van der Waals surface area contributed by atoms with Crippen LogP contribution in [0.5, 0.6) is 0 Å². The molecule has 4 N–H and O–H groups in total. The molecule has 5 heteroatoms. The van der Waals surface area contributed by atoms with Crippen molar-refractivity contribution in [2.75, 3.05) is 6.54 Å². The molecule has 3 nitrogen and oxygen atoms in total. The minimum absolute atomic E-state index is 0. The van der Waals surface area contributed by atoms with Crippen LogP contribution in [-0.2, 0) is 13.0 Å². The van der Waals surface area contributed by atoms with Crippen molar-refractivity contribution in [3.8, 4) is 0 Å². The summed E-state index contributed by atoms with van der Waals surface area (Å²) in [5, 5.41) is 13.3. The monoisotopic (exact) mass is 342 g/mol. The van der Waals surface area contributed by atoms with E-state index in [1.54, 1.807) is 0 Å². The topological polar surface area (TPSA) is 58.3 Å². The summed E-state index contributed by atoms with van der Waals surface area (Å²) in [4.78, 5) is 0. The third-order valence-corrected chi connectivity index (χ3v) is 3.33. The predicted molar refractivity (Wildman–Crippen MR) is 96.8 cm³/mol. The number of aliphatic hydroxyl groups excluding tert-OH is 1. The summed E-state index contributed by atoms with van der Waals surface area (Å²) in [5.74, 6) is 0. The molecule has 2 aromatic rings. The Labute approximate surface area is 144 Å². The van der Waals surface area contributed by atoms with Gasteiger partial charge in [-0.25, -0.2) is 0 Å². The van der Waals surface area contributed by atoms with Crippen LogP contribution in [0.3, 0.4) is 0 Å². The van der Waals surface area contributed by atoms with Crippen molar-refractivity contribution < 1.29 is 5.11 Å². The van der Waals surface area contributed by atoms with E-state index in [1.165, 1.54) is 5.56 Å². The van der Waals surface area contributed by atoms with E-state index in [2.05, 4.69) is 17.4 Å². The maximum atomic E-state index is 10.1. The largest absolute Gasteiger partial charge is 0.390 e. The molecule has 0 aliphatic carbocycles. The molecule has 0 aliphatic rings. The van der Waals surface area contributed by atoms with Gasteiger partial charge >= 0.3 is 0 Å². The average molecular weight is 343 g/mol. The second-order valence-corrected chi connectivity index (χ2v) is 5.04. The molecular formula is C17H24Cl2N2O. The summed E-state index contributed by atoms with van der Waals surface area (Å²) in [7, 11) is 0. The second-order valence-electron chi connectivity index (χ2n) is 5.04. The van der Waals surface area contributed by atoms with Gasteiger partial charge < -0.3 is 16.2 Å². The minimum Gasteiger partial charge on any atom is -0.390 e. The van der Waals surface area contributed by atoms with Crippen LogP contribution in [0.4, 0.5) is 0 Å². The summed E-state index contributed by atoms with van der Waals surface area (Å²) in [6.45, 7) is 1.25. The van der Waals surface area contributed by atoms with Crippen molar-refractivity contribution in [1.29, 1.82) is 0 Å². The zero-order chi connectivity index (χ0) is 14.2. The number of rotatable bonds is 7. The number of benzene rings is 2. The first-order valence-electron chi connectivity index (χ1n) is 6.98. The molecule has 0 fully saturated rings. The van der Waals surface area contributed by atoms with Crippen LogP contribution in [0, 0.1) is 0 Å². The van der Waals surface area contributed by atoms with Gasteiger partial charge in [-0.15, -0.1) is 24.8 Å². The normalized spacial score (nSPS) is 12.6. The fraction of sp³-hybridized carbons (Fsp3) is 0.294. The lowest BCUT2D eigenvalue weighted by Crippen LogP contribution is -2.42. The number of hydrogen-bond acceptors (Lipinski definition) is 3. The van der Waals surface area contributed by atoms with E-state index < -0.39 is 6.10 Å². The Morgan fingerprint density at radius 1 is 0.864 bits per heavy atom. The van der Waals surface area contributed by atoms with Crippen LogP contribution in [-0.4, -0.2) is 23.8 Å². The van der Waals surface area contributed by atoms with E-state index in [0.29, 0.717) is 13.0 Å². The number of hydrogen-bond donors (Lipinski definition) is 3. The summed E-state index contributed by atoms with van der Waals surface area (Å²) in [6.07, 6.45) is 0.147. The van der Waals surface area contributed by atoms with Gasteiger partial charge in [0, 0.05) is 19.1 Å². The number of halogens is 2. The van der Waals surface area contributed by atoms with Gasteiger partial charge in [0.15, 0.2) is 0 Å². The van der Waals surface area contributed by atoms with Crippen molar-refractivity contribution in [1.82, 2.24) is 5.32 Å². The highest BCUT2D eigenvalue weighted by Crippen LogP contribution is 2.04. The van der Waals surface area contributed by atoms with Gasteiger partial charge in [-0.1, -0.05) is 60.7 Å². The van der Waals surface area contributed by atoms with Crippen molar-refractivity contribution in [3.05, 3.63) is 71.8 Å². The highest BCUT2D eigenvalue weighted by Gasteiger charge is 2.14. The van der Waals surface area contributed by atoms with Gasteiger partial charge in [-0.05, 0) is 17.5 Å². The smallest absolute Gasteiger partial charge is 0.0818 e. The zero-order valence-electron chi connectivity index (χ0n) is 12.4. The maximum absolute atomic E-state index is 10.1. The Morgan fingerprint density at radius 3 is 1.91 bits per heavy atom.